The minimum absolute atomic E-state index is 0.182. The van der Waals surface area contributed by atoms with Gasteiger partial charge in [0, 0.05) is 5.92 Å². The molecule has 0 aliphatic heterocycles. The molecule has 17 heavy (non-hydrogen) atoms. The lowest BCUT2D eigenvalue weighted by Gasteiger charge is -2.39. The molecule has 0 aromatic carbocycles. The van der Waals surface area contributed by atoms with Gasteiger partial charge in [-0.3, -0.25) is 0 Å². The Bertz CT molecular complexity index is 295. The van der Waals surface area contributed by atoms with Crippen LogP contribution in [0.5, 0.6) is 0 Å². The SMILES string of the molecule is C=C(CCC=C(C)C)C1CCC(C)(C)CC1O. The molecule has 2 atom stereocenters. The van der Waals surface area contributed by atoms with Crippen molar-refractivity contribution < 1.29 is 5.11 Å². The third-order valence-electron chi connectivity index (χ3n) is 3.90. The summed E-state index contributed by atoms with van der Waals surface area (Å²) in [5.74, 6) is 0.327. The van der Waals surface area contributed by atoms with Gasteiger partial charge in [0.1, 0.15) is 0 Å². The average Bonchev–Trinajstić information content (AvgIpc) is 2.14. The van der Waals surface area contributed by atoms with Gasteiger partial charge < -0.3 is 5.11 Å². The predicted octanol–water partition coefficient (Wildman–Crippen LogP) is 4.48. The topological polar surface area (TPSA) is 20.2 Å². The molecule has 1 fully saturated rings. The first-order valence-electron chi connectivity index (χ1n) is 6.81. The zero-order chi connectivity index (χ0) is 13.1. The maximum atomic E-state index is 10.2. The van der Waals surface area contributed by atoms with Crippen LogP contribution in [-0.2, 0) is 0 Å². The van der Waals surface area contributed by atoms with E-state index in [9.17, 15) is 5.11 Å². The Balaban J connectivity index is 2.45. The van der Waals surface area contributed by atoms with Crippen LogP contribution in [0, 0.1) is 11.3 Å². The minimum atomic E-state index is -0.182. The molecular formula is C16H28O. The van der Waals surface area contributed by atoms with Gasteiger partial charge in [0.05, 0.1) is 6.10 Å². The van der Waals surface area contributed by atoms with Gasteiger partial charge in [0.15, 0.2) is 0 Å². The highest BCUT2D eigenvalue weighted by Gasteiger charge is 2.34. The molecule has 1 heteroatoms. The highest BCUT2D eigenvalue weighted by molar-refractivity contribution is 5.08. The van der Waals surface area contributed by atoms with E-state index in [1.54, 1.807) is 0 Å². The first kappa shape index (κ1) is 14.5. The molecule has 0 spiro atoms. The predicted molar refractivity (Wildman–Crippen MR) is 74.9 cm³/mol. The summed E-state index contributed by atoms with van der Waals surface area (Å²) >= 11 is 0. The first-order valence-corrected chi connectivity index (χ1v) is 6.81. The van der Waals surface area contributed by atoms with E-state index in [-0.39, 0.29) is 6.10 Å². The molecule has 0 saturated heterocycles. The van der Waals surface area contributed by atoms with Crippen molar-refractivity contribution in [2.75, 3.05) is 0 Å². The van der Waals surface area contributed by atoms with Crippen molar-refractivity contribution >= 4 is 0 Å². The molecule has 0 radical (unpaired) electrons. The van der Waals surface area contributed by atoms with Crippen LogP contribution in [-0.4, -0.2) is 11.2 Å². The standard InChI is InChI=1S/C16H28O/c1-12(2)7-6-8-13(3)14-9-10-16(4,5)11-15(14)17/h7,14-15,17H,3,6,8-11H2,1-2,4-5H3. The van der Waals surface area contributed by atoms with Crippen LogP contribution < -0.4 is 0 Å². The molecule has 0 amide bonds. The fraction of sp³-hybridized carbons (Fsp3) is 0.750. The van der Waals surface area contributed by atoms with Gasteiger partial charge in [0.2, 0.25) is 0 Å². The van der Waals surface area contributed by atoms with E-state index in [0.29, 0.717) is 11.3 Å². The molecular weight excluding hydrogens is 208 g/mol. The van der Waals surface area contributed by atoms with Crippen molar-refractivity contribution in [2.24, 2.45) is 11.3 Å². The van der Waals surface area contributed by atoms with E-state index in [0.717, 1.165) is 25.7 Å². The lowest BCUT2D eigenvalue weighted by atomic mass is 9.69. The van der Waals surface area contributed by atoms with Crippen LogP contribution in [0.2, 0.25) is 0 Å². The van der Waals surface area contributed by atoms with E-state index in [1.165, 1.54) is 17.6 Å². The lowest BCUT2D eigenvalue weighted by molar-refractivity contribution is 0.0292. The highest BCUT2D eigenvalue weighted by atomic mass is 16.3. The fourth-order valence-corrected chi connectivity index (χ4v) is 2.76. The molecule has 0 bridgehead atoms. The number of hydrogen-bond acceptors (Lipinski definition) is 1. The third-order valence-corrected chi connectivity index (χ3v) is 3.90. The number of aliphatic hydroxyl groups excluding tert-OH is 1. The van der Waals surface area contributed by atoms with Crippen molar-refractivity contribution in [2.45, 2.75) is 65.9 Å². The minimum Gasteiger partial charge on any atom is -0.392 e. The summed E-state index contributed by atoms with van der Waals surface area (Å²) < 4.78 is 0. The second kappa shape index (κ2) is 5.86. The van der Waals surface area contributed by atoms with Gasteiger partial charge in [-0.2, -0.15) is 0 Å². The Morgan fingerprint density at radius 3 is 2.59 bits per heavy atom. The van der Waals surface area contributed by atoms with Gasteiger partial charge in [-0.15, -0.1) is 0 Å². The van der Waals surface area contributed by atoms with Gasteiger partial charge >= 0.3 is 0 Å². The second-order valence-corrected chi connectivity index (χ2v) is 6.56. The van der Waals surface area contributed by atoms with Crippen molar-refractivity contribution in [3.63, 3.8) is 0 Å². The maximum absolute atomic E-state index is 10.2. The van der Waals surface area contributed by atoms with Gasteiger partial charge in [-0.1, -0.05) is 37.6 Å². The highest BCUT2D eigenvalue weighted by Crippen LogP contribution is 2.41. The molecule has 0 aromatic heterocycles. The molecule has 1 saturated carbocycles. The smallest absolute Gasteiger partial charge is 0.0610 e. The number of rotatable bonds is 4. The van der Waals surface area contributed by atoms with Crippen LogP contribution in [0.15, 0.2) is 23.8 Å². The Kier molecular flexibility index (Phi) is 5.00. The molecule has 1 aliphatic carbocycles. The van der Waals surface area contributed by atoms with Crippen LogP contribution >= 0.6 is 0 Å². The lowest BCUT2D eigenvalue weighted by Crippen LogP contribution is -2.34. The monoisotopic (exact) mass is 236 g/mol. The number of aliphatic hydroxyl groups is 1. The first-order chi connectivity index (χ1) is 7.82. The fourth-order valence-electron chi connectivity index (χ4n) is 2.76. The average molecular weight is 236 g/mol. The van der Waals surface area contributed by atoms with Crippen molar-refractivity contribution in [1.29, 1.82) is 0 Å². The largest absolute Gasteiger partial charge is 0.392 e. The number of hydrogen-bond donors (Lipinski definition) is 1. The van der Waals surface area contributed by atoms with Crippen LogP contribution in [0.3, 0.4) is 0 Å². The molecule has 1 N–H and O–H groups in total. The normalized spacial score (nSPS) is 27.6. The molecule has 0 aromatic rings. The van der Waals surface area contributed by atoms with Crippen molar-refractivity contribution in [3.05, 3.63) is 23.8 Å². The molecule has 1 aliphatic rings. The van der Waals surface area contributed by atoms with E-state index >= 15 is 0 Å². The molecule has 0 heterocycles. The Morgan fingerprint density at radius 1 is 1.41 bits per heavy atom. The zero-order valence-corrected chi connectivity index (χ0v) is 11.9. The maximum Gasteiger partial charge on any atom is 0.0610 e. The van der Waals surface area contributed by atoms with Crippen LogP contribution in [0.25, 0.3) is 0 Å². The summed E-state index contributed by atoms with van der Waals surface area (Å²) in [6, 6.07) is 0. The zero-order valence-electron chi connectivity index (χ0n) is 11.9. The van der Waals surface area contributed by atoms with E-state index in [2.05, 4.69) is 40.3 Å². The Morgan fingerprint density at radius 2 is 2.06 bits per heavy atom. The summed E-state index contributed by atoms with van der Waals surface area (Å²) in [5.41, 5.74) is 2.91. The summed E-state index contributed by atoms with van der Waals surface area (Å²) in [4.78, 5) is 0. The molecule has 1 rings (SSSR count). The van der Waals surface area contributed by atoms with Gasteiger partial charge in [0.25, 0.3) is 0 Å². The van der Waals surface area contributed by atoms with Gasteiger partial charge in [-0.25, -0.2) is 0 Å². The molecule has 98 valence electrons. The van der Waals surface area contributed by atoms with E-state index < -0.39 is 0 Å². The van der Waals surface area contributed by atoms with Crippen molar-refractivity contribution in [1.82, 2.24) is 0 Å². The van der Waals surface area contributed by atoms with Crippen molar-refractivity contribution in [3.8, 4) is 0 Å². The quantitative estimate of drug-likeness (QED) is 0.714. The third kappa shape index (κ3) is 4.67. The Labute approximate surface area is 107 Å². The summed E-state index contributed by atoms with van der Waals surface area (Å²) in [5, 5.41) is 10.2. The van der Waals surface area contributed by atoms with Crippen LogP contribution in [0.1, 0.15) is 59.8 Å². The van der Waals surface area contributed by atoms with E-state index in [4.69, 9.17) is 0 Å². The van der Waals surface area contributed by atoms with Crippen LogP contribution in [0.4, 0.5) is 0 Å². The summed E-state index contributed by atoms with van der Waals surface area (Å²) in [7, 11) is 0. The van der Waals surface area contributed by atoms with E-state index in [1.807, 2.05) is 0 Å². The molecule has 1 nitrogen and oxygen atoms in total. The number of allylic oxidation sites excluding steroid dienone is 2. The molecule has 2 unspecified atom stereocenters. The summed E-state index contributed by atoms with van der Waals surface area (Å²) in [6.07, 6.45) is 7.38. The second-order valence-electron chi connectivity index (χ2n) is 6.56. The summed E-state index contributed by atoms with van der Waals surface area (Å²) in [6.45, 7) is 12.9. The van der Waals surface area contributed by atoms with Gasteiger partial charge in [-0.05, 0) is 51.4 Å². The Hall–Kier alpha value is -0.560.